The molecule has 0 heterocycles. The Bertz CT molecular complexity index is 935. The van der Waals surface area contributed by atoms with Gasteiger partial charge in [-0.25, -0.2) is 0 Å². The maximum Gasteiger partial charge on any atom is 0.135 e. The Morgan fingerprint density at radius 1 is 0.690 bits per heavy atom. The van der Waals surface area contributed by atoms with Gasteiger partial charge in [-0.3, -0.25) is 0 Å². The molecular formula is C22H27ClN2O4. The lowest BCUT2D eigenvalue weighted by atomic mass is 10.0. The molecule has 0 amide bonds. The SMILES string of the molecule is OCCNCCOc1c2ccccc2c(OCCNCCO)c2cc(Cl)ccc12. The van der Waals surface area contributed by atoms with E-state index in [1.807, 2.05) is 42.5 Å². The lowest BCUT2D eigenvalue weighted by molar-refractivity contribution is 0.276. The number of hydrogen-bond acceptors (Lipinski definition) is 6. The normalized spacial score (nSPS) is 11.3. The predicted octanol–water partition coefficient (Wildman–Crippen LogP) is 2.57. The average Bonchev–Trinajstić information content (AvgIpc) is 2.74. The number of hydrogen-bond donors (Lipinski definition) is 4. The van der Waals surface area contributed by atoms with Crippen LogP contribution in [0.15, 0.2) is 42.5 Å². The lowest BCUT2D eigenvalue weighted by Crippen LogP contribution is -2.24. The van der Waals surface area contributed by atoms with Gasteiger partial charge in [0.25, 0.3) is 0 Å². The summed E-state index contributed by atoms with van der Waals surface area (Å²) in [6.07, 6.45) is 0. The third kappa shape index (κ3) is 5.50. The Hall–Kier alpha value is -2.09. The van der Waals surface area contributed by atoms with Crippen molar-refractivity contribution in [3.63, 3.8) is 0 Å². The smallest absolute Gasteiger partial charge is 0.135 e. The molecule has 0 unspecified atom stereocenters. The van der Waals surface area contributed by atoms with E-state index in [1.54, 1.807) is 0 Å². The van der Waals surface area contributed by atoms with Crippen molar-refractivity contribution in [2.24, 2.45) is 0 Å². The summed E-state index contributed by atoms with van der Waals surface area (Å²) in [6, 6.07) is 13.7. The third-order valence-corrected chi connectivity index (χ3v) is 4.75. The van der Waals surface area contributed by atoms with Gasteiger partial charge in [0.15, 0.2) is 0 Å². The van der Waals surface area contributed by atoms with Crippen molar-refractivity contribution in [2.45, 2.75) is 0 Å². The highest BCUT2D eigenvalue weighted by Gasteiger charge is 2.16. The van der Waals surface area contributed by atoms with Crippen LogP contribution in [0.25, 0.3) is 21.5 Å². The summed E-state index contributed by atoms with van der Waals surface area (Å²) in [6.45, 7) is 3.49. The summed E-state index contributed by atoms with van der Waals surface area (Å²) in [5.41, 5.74) is 0. The first-order chi connectivity index (χ1) is 14.3. The number of nitrogens with one attached hydrogen (secondary N) is 2. The maximum atomic E-state index is 8.90. The van der Waals surface area contributed by atoms with Crippen molar-refractivity contribution >= 4 is 33.1 Å². The van der Waals surface area contributed by atoms with Crippen LogP contribution >= 0.6 is 11.6 Å². The van der Waals surface area contributed by atoms with E-state index in [0.29, 0.717) is 44.4 Å². The van der Waals surface area contributed by atoms with Gasteiger partial charge >= 0.3 is 0 Å². The van der Waals surface area contributed by atoms with Gasteiger partial charge in [-0.15, -0.1) is 0 Å². The van der Waals surface area contributed by atoms with Gasteiger partial charge in [0.05, 0.1) is 13.2 Å². The molecule has 156 valence electrons. The van der Waals surface area contributed by atoms with Crippen LogP contribution in [0.2, 0.25) is 5.02 Å². The van der Waals surface area contributed by atoms with Gasteiger partial charge in [0, 0.05) is 52.7 Å². The van der Waals surface area contributed by atoms with Crippen LogP contribution in [-0.4, -0.2) is 62.8 Å². The molecule has 0 atom stereocenters. The van der Waals surface area contributed by atoms with Crippen LogP contribution < -0.4 is 20.1 Å². The van der Waals surface area contributed by atoms with Gasteiger partial charge in [-0.1, -0.05) is 35.9 Å². The van der Waals surface area contributed by atoms with Crippen molar-refractivity contribution in [3.05, 3.63) is 47.5 Å². The molecular weight excluding hydrogens is 392 g/mol. The van der Waals surface area contributed by atoms with Crippen molar-refractivity contribution in [1.29, 1.82) is 0 Å². The van der Waals surface area contributed by atoms with Gasteiger partial charge in [-0.05, 0) is 18.2 Å². The van der Waals surface area contributed by atoms with Crippen molar-refractivity contribution < 1.29 is 19.7 Å². The number of aliphatic hydroxyl groups is 2. The summed E-state index contributed by atoms with van der Waals surface area (Å²) >= 11 is 6.29. The number of ether oxygens (including phenoxy) is 2. The molecule has 0 fully saturated rings. The van der Waals surface area contributed by atoms with E-state index in [1.165, 1.54) is 0 Å². The van der Waals surface area contributed by atoms with E-state index in [-0.39, 0.29) is 13.2 Å². The fraction of sp³-hybridized carbons (Fsp3) is 0.364. The molecule has 0 aliphatic carbocycles. The second kappa shape index (κ2) is 11.2. The molecule has 0 saturated carbocycles. The lowest BCUT2D eigenvalue weighted by Gasteiger charge is -2.18. The largest absolute Gasteiger partial charge is 0.491 e. The molecule has 0 bridgehead atoms. The van der Waals surface area contributed by atoms with Crippen LogP contribution in [0.4, 0.5) is 0 Å². The Morgan fingerprint density at radius 2 is 1.21 bits per heavy atom. The van der Waals surface area contributed by atoms with Crippen molar-refractivity contribution in [3.8, 4) is 11.5 Å². The third-order valence-electron chi connectivity index (χ3n) is 4.51. The van der Waals surface area contributed by atoms with E-state index in [4.69, 9.17) is 31.3 Å². The number of rotatable bonds is 12. The fourth-order valence-electron chi connectivity index (χ4n) is 3.24. The summed E-state index contributed by atoms with van der Waals surface area (Å²) in [5.74, 6) is 1.57. The molecule has 3 aromatic carbocycles. The first kappa shape index (κ1) is 21.6. The van der Waals surface area contributed by atoms with Crippen LogP contribution in [0, 0.1) is 0 Å². The molecule has 0 aliphatic rings. The summed E-state index contributed by atoms with van der Waals surface area (Å²) in [5, 5.41) is 28.4. The number of fused-ring (bicyclic) bond motifs is 2. The minimum atomic E-state index is 0.0979. The van der Waals surface area contributed by atoms with Crippen molar-refractivity contribution in [2.75, 3.05) is 52.6 Å². The van der Waals surface area contributed by atoms with Gasteiger partial charge in [-0.2, -0.15) is 0 Å². The van der Waals surface area contributed by atoms with Crippen LogP contribution in [-0.2, 0) is 0 Å². The fourth-order valence-corrected chi connectivity index (χ4v) is 3.41. The van der Waals surface area contributed by atoms with Gasteiger partial charge in [0.1, 0.15) is 24.7 Å². The van der Waals surface area contributed by atoms with Crippen LogP contribution in [0.3, 0.4) is 0 Å². The first-order valence-corrected chi connectivity index (χ1v) is 10.2. The summed E-state index contributed by atoms with van der Waals surface area (Å²) in [4.78, 5) is 0. The summed E-state index contributed by atoms with van der Waals surface area (Å²) in [7, 11) is 0. The Morgan fingerprint density at radius 3 is 1.76 bits per heavy atom. The molecule has 0 radical (unpaired) electrons. The molecule has 3 rings (SSSR count). The maximum absolute atomic E-state index is 8.90. The molecule has 6 nitrogen and oxygen atoms in total. The standard InChI is InChI=1S/C22H27ClN2O4/c23-16-5-6-19-20(15-16)22(29-14-10-25-8-12-27)18-4-2-1-3-17(18)21(19)28-13-9-24-7-11-26/h1-6,15,24-27H,7-14H2. The van der Waals surface area contributed by atoms with Gasteiger partial charge in [0.2, 0.25) is 0 Å². The Labute approximate surface area is 175 Å². The van der Waals surface area contributed by atoms with E-state index in [0.717, 1.165) is 33.0 Å². The van der Waals surface area contributed by atoms with E-state index < -0.39 is 0 Å². The van der Waals surface area contributed by atoms with E-state index >= 15 is 0 Å². The summed E-state index contributed by atoms with van der Waals surface area (Å²) < 4.78 is 12.3. The zero-order chi connectivity index (χ0) is 20.5. The highest BCUT2D eigenvalue weighted by atomic mass is 35.5. The molecule has 7 heteroatoms. The monoisotopic (exact) mass is 418 g/mol. The second-order valence-corrected chi connectivity index (χ2v) is 6.97. The number of halogens is 1. The Kier molecular flexibility index (Phi) is 8.34. The van der Waals surface area contributed by atoms with Gasteiger partial charge < -0.3 is 30.3 Å². The zero-order valence-electron chi connectivity index (χ0n) is 16.3. The first-order valence-electron chi connectivity index (χ1n) is 9.79. The molecule has 0 aliphatic heterocycles. The topological polar surface area (TPSA) is 83.0 Å². The second-order valence-electron chi connectivity index (χ2n) is 6.54. The highest BCUT2D eigenvalue weighted by molar-refractivity contribution is 6.31. The molecule has 4 N–H and O–H groups in total. The number of benzene rings is 3. The van der Waals surface area contributed by atoms with E-state index in [9.17, 15) is 0 Å². The average molecular weight is 419 g/mol. The quantitative estimate of drug-likeness (QED) is 0.267. The van der Waals surface area contributed by atoms with Crippen LogP contribution in [0.5, 0.6) is 11.5 Å². The van der Waals surface area contributed by atoms with Crippen molar-refractivity contribution in [1.82, 2.24) is 10.6 Å². The molecule has 0 aromatic heterocycles. The molecule has 29 heavy (non-hydrogen) atoms. The molecule has 0 spiro atoms. The Balaban J connectivity index is 1.96. The zero-order valence-corrected chi connectivity index (χ0v) is 17.0. The predicted molar refractivity (Wildman–Crippen MR) is 117 cm³/mol. The minimum absolute atomic E-state index is 0.0979. The number of aliphatic hydroxyl groups excluding tert-OH is 2. The highest BCUT2D eigenvalue weighted by Crippen LogP contribution is 2.43. The minimum Gasteiger partial charge on any atom is -0.491 e. The van der Waals surface area contributed by atoms with Crippen LogP contribution in [0.1, 0.15) is 0 Å². The molecule has 0 saturated heterocycles. The molecule has 3 aromatic rings. The van der Waals surface area contributed by atoms with E-state index in [2.05, 4.69) is 10.6 Å².